The normalized spacial score (nSPS) is 23.0. The summed E-state index contributed by atoms with van der Waals surface area (Å²) in [6, 6.07) is 11.7. The third kappa shape index (κ3) is 4.54. The lowest BCUT2D eigenvalue weighted by Gasteiger charge is -2.39. The Balaban J connectivity index is 1.51. The molecular weight excluding hydrogens is 449 g/mol. The quantitative estimate of drug-likeness (QED) is 0.503. The van der Waals surface area contributed by atoms with Gasteiger partial charge in [-0.25, -0.2) is 10.2 Å². The van der Waals surface area contributed by atoms with Gasteiger partial charge in [-0.1, -0.05) is 36.2 Å². The fraction of sp³-hybridized carbons (Fsp3) is 0.407. The zero-order valence-corrected chi connectivity index (χ0v) is 20.4. The molecule has 0 spiro atoms. The van der Waals surface area contributed by atoms with E-state index in [1.807, 2.05) is 6.92 Å². The van der Waals surface area contributed by atoms with Gasteiger partial charge in [0.25, 0.3) is 0 Å². The van der Waals surface area contributed by atoms with Crippen LogP contribution in [0, 0.1) is 5.82 Å². The van der Waals surface area contributed by atoms with Crippen molar-refractivity contribution in [2.24, 2.45) is 11.6 Å². The highest BCUT2D eigenvalue weighted by Crippen LogP contribution is 2.38. The van der Waals surface area contributed by atoms with E-state index in [-0.39, 0.29) is 11.9 Å². The van der Waals surface area contributed by atoms with Crippen LogP contribution in [0.15, 0.2) is 48.2 Å². The Morgan fingerprint density at radius 3 is 2.62 bits per heavy atom. The maximum Gasteiger partial charge on any atom is 0.146 e. The third-order valence-electron chi connectivity index (χ3n) is 7.46. The van der Waals surface area contributed by atoms with Gasteiger partial charge in [-0.2, -0.15) is 0 Å². The molecule has 0 amide bonds. The van der Waals surface area contributed by atoms with Crippen LogP contribution in [0.5, 0.6) is 0 Å². The molecule has 5 N–H and O–H groups in total. The van der Waals surface area contributed by atoms with E-state index in [1.54, 1.807) is 17.1 Å². The minimum Gasteiger partial charge on any atom is -0.401 e. The molecule has 7 heteroatoms. The Labute approximate surface area is 206 Å². The van der Waals surface area contributed by atoms with Crippen LogP contribution >= 0.6 is 11.6 Å². The molecule has 0 saturated heterocycles. The largest absolute Gasteiger partial charge is 0.401 e. The van der Waals surface area contributed by atoms with Crippen LogP contribution in [0.4, 0.5) is 10.1 Å². The fourth-order valence-electron chi connectivity index (χ4n) is 5.37. The standard InChI is InChI=1S/C27H33ClFN5/c1-17(30)27-22-7-5-19(18-9-12-33(13-10-18)21-3-2-4-21)15-23(22)25(11-14-34(27)31)32-26-16-20(28)6-8-24(26)29/h5-9,15-16,21,25,32H,2-4,10-14,30-31H2,1H3/b27-17-. The van der Waals surface area contributed by atoms with Gasteiger partial charge in [0.15, 0.2) is 0 Å². The van der Waals surface area contributed by atoms with Crippen molar-refractivity contribution in [3.05, 3.63) is 75.7 Å². The molecule has 1 atom stereocenters. The van der Waals surface area contributed by atoms with Crippen molar-refractivity contribution in [3.63, 3.8) is 0 Å². The molecule has 0 bridgehead atoms. The summed E-state index contributed by atoms with van der Waals surface area (Å²) >= 11 is 6.16. The average Bonchev–Trinajstić information content (AvgIpc) is 2.91. The second-order valence-electron chi connectivity index (χ2n) is 9.70. The smallest absolute Gasteiger partial charge is 0.146 e. The maximum atomic E-state index is 14.6. The molecule has 2 aliphatic heterocycles. The second kappa shape index (κ2) is 9.61. The van der Waals surface area contributed by atoms with Crippen LogP contribution in [0.2, 0.25) is 5.02 Å². The van der Waals surface area contributed by atoms with Crippen molar-refractivity contribution in [2.45, 2.75) is 51.1 Å². The molecule has 1 aliphatic carbocycles. The number of nitrogens with two attached hydrogens (primary N) is 2. The van der Waals surface area contributed by atoms with Gasteiger partial charge >= 0.3 is 0 Å². The molecule has 3 aliphatic rings. The number of nitrogens with one attached hydrogen (secondary N) is 1. The molecule has 0 radical (unpaired) electrons. The number of fused-ring (bicyclic) bond motifs is 1. The number of allylic oxidation sites excluding steroid dienone is 1. The predicted octanol–water partition coefficient (Wildman–Crippen LogP) is 5.50. The summed E-state index contributed by atoms with van der Waals surface area (Å²) in [7, 11) is 0. The summed E-state index contributed by atoms with van der Waals surface area (Å²) in [4.78, 5) is 2.60. The molecule has 1 saturated carbocycles. The lowest BCUT2D eigenvalue weighted by molar-refractivity contribution is 0.141. The van der Waals surface area contributed by atoms with E-state index in [0.717, 1.165) is 42.4 Å². The summed E-state index contributed by atoms with van der Waals surface area (Å²) < 4.78 is 14.6. The van der Waals surface area contributed by atoms with E-state index in [1.165, 1.54) is 36.5 Å². The summed E-state index contributed by atoms with van der Waals surface area (Å²) in [5, 5.41) is 5.60. The van der Waals surface area contributed by atoms with Crippen molar-refractivity contribution < 1.29 is 4.39 Å². The van der Waals surface area contributed by atoms with Crippen molar-refractivity contribution in [3.8, 4) is 0 Å². The monoisotopic (exact) mass is 481 g/mol. The summed E-state index contributed by atoms with van der Waals surface area (Å²) in [5.74, 6) is 6.08. The Hall–Kier alpha value is -2.54. The van der Waals surface area contributed by atoms with Crippen LogP contribution in [0.25, 0.3) is 11.3 Å². The Morgan fingerprint density at radius 2 is 1.94 bits per heavy atom. The number of hydrogen-bond acceptors (Lipinski definition) is 5. The molecule has 0 aromatic heterocycles. The number of anilines is 1. The van der Waals surface area contributed by atoms with Gasteiger partial charge in [-0.05, 0) is 73.6 Å². The van der Waals surface area contributed by atoms with Gasteiger partial charge in [0.2, 0.25) is 0 Å². The number of halogens is 2. The number of nitrogens with zero attached hydrogens (tertiary/aromatic N) is 2. The Kier molecular flexibility index (Phi) is 6.56. The Bertz CT molecular complexity index is 1140. The predicted molar refractivity (Wildman–Crippen MR) is 138 cm³/mol. The van der Waals surface area contributed by atoms with E-state index < -0.39 is 0 Å². The molecule has 34 heavy (non-hydrogen) atoms. The Morgan fingerprint density at radius 1 is 1.12 bits per heavy atom. The molecule has 1 unspecified atom stereocenters. The van der Waals surface area contributed by atoms with E-state index in [0.29, 0.717) is 29.4 Å². The zero-order chi connectivity index (χ0) is 23.8. The minimum atomic E-state index is -0.326. The lowest BCUT2D eigenvalue weighted by Crippen LogP contribution is -2.42. The van der Waals surface area contributed by atoms with E-state index >= 15 is 0 Å². The molecule has 2 aromatic carbocycles. The number of hydrazine groups is 1. The highest BCUT2D eigenvalue weighted by atomic mass is 35.5. The van der Waals surface area contributed by atoms with Crippen molar-refractivity contribution in [1.82, 2.24) is 9.91 Å². The van der Waals surface area contributed by atoms with E-state index in [9.17, 15) is 4.39 Å². The summed E-state index contributed by atoms with van der Waals surface area (Å²) in [6.07, 6.45) is 8.14. The van der Waals surface area contributed by atoms with Gasteiger partial charge in [0, 0.05) is 42.0 Å². The van der Waals surface area contributed by atoms with Crippen molar-refractivity contribution in [2.75, 3.05) is 25.0 Å². The molecule has 180 valence electrons. The summed E-state index contributed by atoms with van der Waals surface area (Å²) in [6.45, 7) is 4.57. The highest BCUT2D eigenvalue weighted by Gasteiger charge is 2.29. The first-order valence-electron chi connectivity index (χ1n) is 12.2. The minimum absolute atomic E-state index is 0.138. The van der Waals surface area contributed by atoms with Gasteiger partial charge < -0.3 is 16.1 Å². The van der Waals surface area contributed by atoms with E-state index in [4.69, 9.17) is 23.2 Å². The van der Waals surface area contributed by atoms with Gasteiger partial charge in [-0.15, -0.1) is 0 Å². The SMILES string of the molecule is C/C(N)=C1\c2ccc(C3=CCN(C4CCC4)CC3)cc2C(Nc2cc(Cl)ccc2F)CCN1N. The second-order valence-corrected chi connectivity index (χ2v) is 10.1. The highest BCUT2D eigenvalue weighted by molar-refractivity contribution is 6.30. The van der Waals surface area contributed by atoms with Crippen LogP contribution in [-0.2, 0) is 0 Å². The van der Waals surface area contributed by atoms with Crippen molar-refractivity contribution in [1.29, 1.82) is 0 Å². The fourth-order valence-corrected chi connectivity index (χ4v) is 5.54. The first-order chi connectivity index (χ1) is 16.4. The van der Waals surface area contributed by atoms with E-state index in [2.05, 4.69) is 34.5 Å². The van der Waals surface area contributed by atoms with Crippen LogP contribution in [-0.4, -0.2) is 35.6 Å². The molecule has 1 fully saturated rings. The number of rotatable bonds is 4. The molecule has 5 nitrogen and oxygen atoms in total. The lowest BCUT2D eigenvalue weighted by atomic mass is 9.88. The van der Waals surface area contributed by atoms with Crippen molar-refractivity contribution >= 4 is 28.6 Å². The average molecular weight is 482 g/mol. The third-order valence-corrected chi connectivity index (χ3v) is 7.70. The molecule has 2 heterocycles. The van der Waals surface area contributed by atoms with Crippen LogP contribution < -0.4 is 16.9 Å². The topological polar surface area (TPSA) is 70.5 Å². The van der Waals surface area contributed by atoms with Gasteiger partial charge in [0.05, 0.1) is 17.4 Å². The van der Waals surface area contributed by atoms with Gasteiger partial charge in [0.1, 0.15) is 5.82 Å². The molecule has 2 aromatic rings. The van der Waals surface area contributed by atoms with Gasteiger partial charge in [-0.3, -0.25) is 4.90 Å². The zero-order valence-electron chi connectivity index (χ0n) is 19.7. The number of hydrogen-bond donors (Lipinski definition) is 3. The maximum absolute atomic E-state index is 14.6. The van der Waals surface area contributed by atoms with Crippen LogP contribution in [0.1, 0.15) is 61.8 Å². The number of benzene rings is 2. The molecule has 5 rings (SSSR count). The van der Waals surface area contributed by atoms with Crippen LogP contribution in [0.3, 0.4) is 0 Å². The molecular formula is C27H33ClFN5. The first-order valence-corrected chi connectivity index (χ1v) is 12.6. The first kappa shape index (κ1) is 23.2. The summed E-state index contributed by atoms with van der Waals surface area (Å²) in [5.41, 5.74) is 12.8.